The summed E-state index contributed by atoms with van der Waals surface area (Å²) in [5.41, 5.74) is 2.39. The van der Waals surface area contributed by atoms with Gasteiger partial charge in [0.1, 0.15) is 0 Å². The number of benzene rings is 2. The molecular formula is C18H21NO3. The molecule has 0 aliphatic heterocycles. The fourth-order valence-electron chi connectivity index (χ4n) is 2.09. The zero-order chi connectivity index (χ0) is 16.1. The first-order valence-corrected chi connectivity index (χ1v) is 7.22. The smallest absolute Gasteiger partial charge is 0.255 e. The van der Waals surface area contributed by atoms with Gasteiger partial charge in [0.25, 0.3) is 5.91 Å². The quantitative estimate of drug-likeness (QED) is 0.906. The van der Waals surface area contributed by atoms with Crippen LogP contribution in [0.1, 0.15) is 29.8 Å². The first-order valence-electron chi connectivity index (χ1n) is 7.22. The Labute approximate surface area is 131 Å². The molecule has 1 N–H and O–H groups in total. The Morgan fingerprint density at radius 1 is 1.09 bits per heavy atom. The molecular weight excluding hydrogens is 278 g/mol. The molecule has 0 atom stereocenters. The summed E-state index contributed by atoms with van der Waals surface area (Å²) in [5.74, 6) is 0.996. The lowest BCUT2D eigenvalue weighted by atomic mass is 10.1. The molecule has 0 aliphatic carbocycles. The molecule has 2 aromatic carbocycles. The second-order valence-corrected chi connectivity index (χ2v) is 5.36. The van der Waals surface area contributed by atoms with Crippen LogP contribution in [0, 0.1) is 6.92 Å². The Morgan fingerprint density at radius 2 is 1.86 bits per heavy atom. The molecule has 116 valence electrons. The van der Waals surface area contributed by atoms with Gasteiger partial charge in [-0.15, -0.1) is 0 Å². The summed E-state index contributed by atoms with van der Waals surface area (Å²) < 4.78 is 10.9. The largest absolute Gasteiger partial charge is 0.493 e. The first-order chi connectivity index (χ1) is 10.5. The molecule has 0 bridgehead atoms. The van der Waals surface area contributed by atoms with Gasteiger partial charge in [0.15, 0.2) is 11.5 Å². The van der Waals surface area contributed by atoms with Gasteiger partial charge >= 0.3 is 0 Å². The summed E-state index contributed by atoms with van der Waals surface area (Å²) in [5, 5.41) is 2.88. The Hall–Kier alpha value is -2.49. The molecule has 2 aromatic rings. The van der Waals surface area contributed by atoms with E-state index in [1.165, 1.54) is 0 Å². The first kappa shape index (κ1) is 15.9. The number of methoxy groups -OCH3 is 1. The van der Waals surface area contributed by atoms with Crippen molar-refractivity contribution in [3.05, 3.63) is 53.6 Å². The number of hydrogen-bond donors (Lipinski definition) is 1. The van der Waals surface area contributed by atoms with E-state index in [-0.39, 0.29) is 12.0 Å². The van der Waals surface area contributed by atoms with Crippen LogP contribution in [0.25, 0.3) is 0 Å². The standard InChI is InChI=1S/C18H21NO3/c1-12(2)22-16-9-8-14(11-17(16)21-4)18(20)19-15-7-5-6-13(3)10-15/h5-12H,1-4H3,(H,19,20). The minimum atomic E-state index is -0.181. The van der Waals surface area contributed by atoms with E-state index < -0.39 is 0 Å². The zero-order valence-electron chi connectivity index (χ0n) is 13.3. The third-order valence-electron chi connectivity index (χ3n) is 3.06. The minimum Gasteiger partial charge on any atom is -0.493 e. The van der Waals surface area contributed by atoms with Gasteiger partial charge in [0.05, 0.1) is 13.2 Å². The lowest BCUT2D eigenvalue weighted by Gasteiger charge is -2.14. The fourth-order valence-corrected chi connectivity index (χ4v) is 2.09. The van der Waals surface area contributed by atoms with E-state index >= 15 is 0 Å². The van der Waals surface area contributed by atoms with Gasteiger partial charge in [0, 0.05) is 11.3 Å². The SMILES string of the molecule is COc1cc(C(=O)Nc2cccc(C)c2)ccc1OC(C)C. The van der Waals surface area contributed by atoms with E-state index in [4.69, 9.17) is 9.47 Å². The Kier molecular flexibility index (Phi) is 5.04. The number of amides is 1. The topological polar surface area (TPSA) is 47.6 Å². The number of anilines is 1. The summed E-state index contributed by atoms with van der Waals surface area (Å²) in [4.78, 5) is 12.3. The highest BCUT2D eigenvalue weighted by Gasteiger charge is 2.12. The average molecular weight is 299 g/mol. The molecule has 22 heavy (non-hydrogen) atoms. The monoisotopic (exact) mass is 299 g/mol. The molecule has 0 spiro atoms. The van der Waals surface area contributed by atoms with Gasteiger partial charge in [-0.1, -0.05) is 12.1 Å². The van der Waals surface area contributed by atoms with Crippen molar-refractivity contribution in [1.82, 2.24) is 0 Å². The van der Waals surface area contributed by atoms with Crippen LogP contribution < -0.4 is 14.8 Å². The maximum absolute atomic E-state index is 12.3. The van der Waals surface area contributed by atoms with Crippen LogP contribution in [0.5, 0.6) is 11.5 Å². The summed E-state index contributed by atoms with van der Waals surface area (Å²) >= 11 is 0. The zero-order valence-corrected chi connectivity index (χ0v) is 13.3. The van der Waals surface area contributed by atoms with Gasteiger partial charge in [-0.05, 0) is 56.7 Å². The molecule has 1 amide bonds. The number of rotatable bonds is 5. The van der Waals surface area contributed by atoms with E-state index in [1.807, 2.05) is 45.0 Å². The average Bonchev–Trinajstić information content (AvgIpc) is 2.47. The summed E-state index contributed by atoms with van der Waals surface area (Å²) in [6.45, 7) is 5.87. The van der Waals surface area contributed by atoms with Crippen molar-refractivity contribution < 1.29 is 14.3 Å². The van der Waals surface area contributed by atoms with Crippen molar-refractivity contribution >= 4 is 11.6 Å². The van der Waals surface area contributed by atoms with Crippen LogP contribution in [0.3, 0.4) is 0 Å². The van der Waals surface area contributed by atoms with Crippen molar-refractivity contribution in [3.8, 4) is 11.5 Å². The third-order valence-corrected chi connectivity index (χ3v) is 3.06. The molecule has 0 heterocycles. The molecule has 4 heteroatoms. The van der Waals surface area contributed by atoms with E-state index in [0.717, 1.165) is 11.3 Å². The highest BCUT2D eigenvalue weighted by molar-refractivity contribution is 6.04. The molecule has 4 nitrogen and oxygen atoms in total. The second-order valence-electron chi connectivity index (χ2n) is 5.36. The van der Waals surface area contributed by atoms with Crippen molar-refractivity contribution in [3.63, 3.8) is 0 Å². The molecule has 0 aliphatic rings. The van der Waals surface area contributed by atoms with E-state index in [0.29, 0.717) is 17.1 Å². The highest BCUT2D eigenvalue weighted by Crippen LogP contribution is 2.29. The lowest BCUT2D eigenvalue weighted by molar-refractivity contribution is 0.102. The van der Waals surface area contributed by atoms with Crippen molar-refractivity contribution in [1.29, 1.82) is 0 Å². The maximum atomic E-state index is 12.3. The van der Waals surface area contributed by atoms with E-state index in [1.54, 1.807) is 25.3 Å². The van der Waals surface area contributed by atoms with Crippen LogP contribution in [0.15, 0.2) is 42.5 Å². The van der Waals surface area contributed by atoms with Crippen molar-refractivity contribution in [2.75, 3.05) is 12.4 Å². The molecule has 0 saturated carbocycles. The molecule has 0 fully saturated rings. The summed E-state index contributed by atoms with van der Waals surface area (Å²) in [6, 6.07) is 12.8. The second kappa shape index (κ2) is 6.98. The third kappa shape index (κ3) is 4.01. The molecule has 0 saturated heterocycles. The van der Waals surface area contributed by atoms with E-state index in [2.05, 4.69) is 5.32 Å². The van der Waals surface area contributed by atoms with Gasteiger partial charge in [-0.25, -0.2) is 0 Å². The van der Waals surface area contributed by atoms with Crippen LogP contribution >= 0.6 is 0 Å². The van der Waals surface area contributed by atoms with Crippen LogP contribution in [-0.2, 0) is 0 Å². The molecule has 0 radical (unpaired) electrons. The number of carbonyl (C=O) groups excluding carboxylic acids is 1. The number of aryl methyl sites for hydroxylation is 1. The predicted octanol–water partition coefficient (Wildman–Crippen LogP) is 4.04. The van der Waals surface area contributed by atoms with Gasteiger partial charge in [-0.3, -0.25) is 4.79 Å². The Morgan fingerprint density at radius 3 is 2.50 bits per heavy atom. The van der Waals surface area contributed by atoms with Gasteiger partial charge < -0.3 is 14.8 Å². The van der Waals surface area contributed by atoms with Crippen molar-refractivity contribution in [2.45, 2.75) is 26.9 Å². The molecule has 2 rings (SSSR count). The maximum Gasteiger partial charge on any atom is 0.255 e. The molecule has 0 unspecified atom stereocenters. The number of carbonyl (C=O) groups is 1. The van der Waals surface area contributed by atoms with E-state index in [9.17, 15) is 4.79 Å². The van der Waals surface area contributed by atoms with Crippen LogP contribution in [0.4, 0.5) is 5.69 Å². The lowest BCUT2D eigenvalue weighted by Crippen LogP contribution is -2.13. The number of nitrogens with one attached hydrogen (secondary N) is 1. The van der Waals surface area contributed by atoms with Gasteiger partial charge in [-0.2, -0.15) is 0 Å². The predicted molar refractivity (Wildman–Crippen MR) is 87.9 cm³/mol. The number of hydrogen-bond acceptors (Lipinski definition) is 3. The van der Waals surface area contributed by atoms with Crippen molar-refractivity contribution in [2.24, 2.45) is 0 Å². The Bertz CT molecular complexity index is 665. The van der Waals surface area contributed by atoms with Gasteiger partial charge in [0.2, 0.25) is 0 Å². The Balaban J connectivity index is 2.19. The number of ether oxygens (including phenoxy) is 2. The highest BCUT2D eigenvalue weighted by atomic mass is 16.5. The summed E-state index contributed by atoms with van der Waals surface area (Å²) in [6.07, 6.45) is 0.0425. The fraction of sp³-hybridized carbons (Fsp3) is 0.278. The van der Waals surface area contributed by atoms with Crippen LogP contribution in [-0.4, -0.2) is 19.1 Å². The molecule has 0 aromatic heterocycles. The normalized spacial score (nSPS) is 10.4. The minimum absolute atomic E-state index is 0.0425. The summed E-state index contributed by atoms with van der Waals surface area (Å²) in [7, 11) is 1.56. The van der Waals surface area contributed by atoms with Crippen LogP contribution in [0.2, 0.25) is 0 Å².